The molecular formula is C14H6BrClFNOS. The van der Waals surface area contributed by atoms with Gasteiger partial charge in [0.15, 0.2) is 0 Å². The number of pyridine rings is 1. The summed E-state index contributed by atoms with van der Waals surface area (Å²) in [6, 6.07) is 7.12. The zero-order chi connectivity index (χ0) is 14.3. The van der Waals surface area contributed by atoms with Gasteiger partial charge in [-0.05, 0) is 46.3 Å². The maximum atomic E-state index is 12.9. The molecule has 1 aromatic carbocycles. The average Bonchev–Trinajstić information content (AvgIpc) is 2.77. The second kappa shape index (κ2) is 5.24. The van der Waals surface area contributed by atoms with Gasteiger partial charge in [0.25, 0.3) is 0 Å². The molecule has 100 valence electrons. The molecule has 0 radical (unpaired) electrons. The molecule has 0 saturated carbocycles. The summed E-state index contributed by atoms with van der Waals surface area (Å²) in [5.41, 5.74) is 0.426. The molecule has 0 N–H and O–H groups in total. The Kier molecular flexibility index (Phi) is 3.58. The van der Waals surface area contributed by atoms with Crippen LogP contribution in [-0.4, -0.2) is 10.8 Å². The molecule has 6 heteroatoms. The van der Waals surface area contributed by atoms with Gasteiger partial charge in [0.2, 0.25) is 5.78 Å². The fourth-order valence-electron chi connectivity index (χ4n) is 1.83. The zero-order valence-corrected chi connectivity index (χ0v) is 13.0. The number of carbonyl (C=O) groups excluding carboxylic acids is 1. The third-order valence-corrected chi connectivity index (χ3v) is 5.26. The fraction of sp³-hybridized carbons (Fsp3) is 0. The number of nitrogens with zero attached hydrogens (tertiary/aromatic N) is 1. The molecule has 0 aliphatic rings. The fourth-order valence-corrected chi connectivity index (χ4v) is 4.22. The number of rotatable bonds is 2. The lowest BCUT2D eigenvalue weighted by molar-refractivity contribution is 0.104. The SMILES string of the molecule is O=C(c1ccc(F)cc1)c1sc2nccc(Cl)c2c1Br. The summed E-state index contributed by atoms with van der Waals surface area (Å²) in [5, 5.41) is 1.26. The van der Waals surface area contributed by atoms with Crippen LogP contribution in [0.2, 0.25) is 5.02 Å². The second-order valence-electron chi connectivity index (χ2n) is 4.05. The molecule has 0 saturated heterocycles. The van der Waals surface area contributed by atoms with Crippen molar-refractivity contribution in [1.29, 1.82) is 0 Å². The van der Waals surface area contributed by atoms with Gasteiger partial charge < -0.3 is 0 Å². The van der Waals surface area contributed by atoms with Gasteiger partial charge in [0, 0.05) is 17.1 Å². The lowest BCUT2D eigenvalue weighted by atomic mass is 10.1. The van der Waals surface area contributed by atoms with E-state index in [1.54, 1.807) is 12.3 Å². The number of aromatic nitrogens is 1. The summed E-state index contributed by atoms with van der Waals surface area (Å²) in [4.78, 5) is 17.8. The molecule has 0 atom stereocenters. The highest BCUT2D eigenvalue weighted by atomic mass is 79.9. The summed E-state index contributed by atoms with van der Waals surface area (Å²) in [5.74, 6) is -0.558. The summed E-state index contributed by atoms with van der Waals surface area (Å²) in [7, 11) is 0. The van der Waals surface area contributed by atoms with Crippen LogP contribution >= 0.6 is 38.9 Å². The molecular weight excluding hydrogens is 365 g/mol. The van der Waals surface area contributed by atoms with E-state index in [2.05, 4.69) is 20.9 Å². The first-order valence-electron chi connectivity index (χ1n) is 5.60. The van der Waals surface area contributed by atoms with Crippen LogP contribution in [0.4, 0.5) is 4.39 Å². The van der Waals surface area contributed by atoms with E-state index in [1.165, 1.54) is 35.6 Å². The molecule has 2 aromatic heterocycles. The number of hydrogen-bond donors (Lipinski definition) is 0. The average molecular weight is 371 g/mol. The van der Waals surface area contributed by atoms with E-state index in [9.17, 15) is 9.18 Å². The number of hydrogen-bond acceptors (Lipinski definition) is 3. The van der Waals surface area contributed by atoms with Crippen molar-refractivity contribution in [2.45, 2.75) is 0 Å². The van der Waals surface area contributed by atoms with Crippen LogP contribution in [0.1, 0.15) is 15.2 Å². The summed E-state index contributed by atoms with van der Waals surface area (Å²) < 4.78 is 13.5. The number of halogens is 3. The number of benzene rings is 1. The third-order valence-electron chi connectivity index (χ3n) is 2.80. The van der Waals surface area contributed by atoms with Crippen LogP contribution in [0.5, 0.6) is 0 Å². The highest BCUT2D eigenvalue weighted by Gasteiger charge is 2.20. The van der Waals surface area contributed by atoms with Crippen molar-refractivity contribution < 1.29 is 9.18 Å². The molecule has 0 fully saturated rings. The molecule has 0 spiro atoms. The van der Waals surface area contributed by atoms with Crippen molar-refractivity contribution in [1.82, 2.24) is 4.98 Å². The van der Waals surface area contributed by atoms with E-state index in [1.807, 2.05) is 0 Å². The van der Waals surface area contributed by atoms with Crippen molar-refractivity contribution in [2.24, 2.45) is 0 Å². The molecule has 0 aliphatic heterocycles. The van der Waals surface area contributed by atoms with E-state index >= 15 is 0 Å². The van der Waals surface area contributed by atoms with E-state index in [0.717, 1.165) is 5.39 Å². The van der Waals surface area contributed by atoms with E-state index in [-0.39, 0.29) is 11.6 Å². The third kappa shape index (κ3) is 2.26. The van der Waals surface area contributed by atoms with Crippen LogP contribution in [0, 0.1) is 5.82 Å². The smallest absolute Gasteiger partial charge is 0.204 e. The van der Waals surface area contributed by atoms with E-state index < -0.39 is 0 Å². The molecule has 3 rings (SSSR count). The highest BCUT2D eigenvalue weighted by molar-refractivity contribution is 9.10. The Balaban J connectivity index is 2.15. The van der Waals surface area contributed by atoms with Crippen molar-refractivity contribution in [3.63, 3.8) is 0 Å². The number of thiophene rings is 1. The Morgan fingerprint density at radius 3 is 2.60 bits per heavy atom. The van der Waals surface area contributed by atoms with Crippen molar-refractivity contribution in [3.05, 3.63) is 62.3 Å². The quantitative estimate of drug-likeness (QED) is 0.589. The Hall–Kier alpha value is -1.30. The number of fused-ring (bicyclic) bond motifs is 1. The first kappa shape index (κ1) is 13.7. The predicted octanol–water partition coefficient (Wildman–Crippen LogP) is 5.08. The molecule has 20 heavy (non-hydrogen) atoms. The van der Waals surface area contributed by atoms with E-state index in [4.69, 9.17) is 11.6 Å². The Morgan fingerprint density at radius 2 is 1.95 bits per heavy atom. The van der Waals surface area contributed by atoms with Gasteiger partial charge in [0.1, 0.15) is 10.6 Å². The first-order chi connectivity index (χ1) is 9.58. The minimum absolute atomic E-state index is 0.184. The standard InChI is InChI=1S/C14H6BrClFNOS/c15-11-10-9(16)5-6-18-14(10)20-13(11)12(19)7-1-3-8(17)4-2-7/h1-6H. The highest BCUT2D eigenvalue weighted by Crippen LogP contribution is 2.39. The maximum Gasteiger partial charge on any atom is 0.204 e. The van der Waals surface area contributed by atoms with Crippen LogP contribution in [0.15, 0.2) is 41.0 Å². The van der Waals surface area contributed by atoms with Crippen LogP contribution < -0.4 is 0 Å². The number of ketones is 1. The first-order valence-corrected chi connectivity index (χ1v) is 7.59. The van der Waals surface area contributed by atoms with Gasteiger partial charge in [0.05, 0.1) is 14.4 Å². The van der Waals surface area contributed by atoms with Crippen LogP contribution in [-0.2, 0) is 0 Å². The Bertz CT molecular complexity index is 816. The topological polar surface area (TPSA) is 30.0 Å². The van der Waals surface area contributed by atoms with Gasteiger partial charge in [-0.3, -0.25) is 4.79 Å². The molecule has 2 nitrogen and oxygen atoms in total. The van der Waals surface area contributed by atoms with Gasteiger partial charge in [-0.2, -0.15) is 0 Å². The lowest BCUT2D eigenvalue weighted by Crippen LogP contribution is -1.99. The number of carbonyl (C=O) groups is 1. The summed E-state index contributed by atoms with van der Waals surface area (Å²) in [6.07, 6.45) is 1.60. The molecule has 0 bridgehead atoms. The van der Waals surface area contributed by atoms with Crippen molar-refractivity contribution in [3.8, 4) is 0 Å². The van der Waals surface area contributed by atoms with Gasteiger partial charge in [-0.25, -0.2) is 9.37 Å². The van der Waals surface area contributed by atoms with Crippen LogP contribution in [0.3, 0.4) is 0 Å². The van der Waals surface area contributed by atoms with Gasteiger partial charge >= 0.3 is 0 Å². The Labute approximate surface area is 131 Å². The molecule has 2 heterocycles. The second-order valence-corrected chi connectivity index (χ2v) is 6.25. The molecule has 0 amide bonds. The van der Waals surface area contributed by atoms with Gasteiger partial charge in [-0.15, -0.1) is 11.3 Å². The normalized spacial score (nSPS) is 10.9. The minimum Gasteiger partial charge on any atom is -0.288 e. The zero-order valence-electron chi connectivity index (χ0n) is 9.86. The molecule has 0 aliphatic carbocycles. The van der Waals surface area contributed by atoms with E-state index in [0.29, 0.717) is 24.8 Å². The maximum absolute atomic E-state index is 12.9. The Morgan fingerprint density at radius 1 is 1.25 bits per heavy atom. The lowest BCUT2D eigenvalue weighted by Gasteiger charge is -1.99. The predicted molar refractivity (Wildman–Crippen MR) is 82.2 cm³/mol. The summed E-state index contributed by atoms with van der Waals surface area (Å²) in [6.45, 7) is 0. The van der Waals surface area contributed by atoms with Gasteiger partial charge in [-0.1, -0.05) is 11.6 Å². The molecule has 3 aromatic rings. The minimum atomic E-state index is -0.373. The van der Waals surface area contributed by atoms with Crippen LogP contribution in [0.25, 0.3) is 10.2 Å². The molecule has 0 unspecified atom stereocenters. The van der Waals surface area contributed by atoms with Crippen molar-refractivity contribution in [2.75, 3.05) is 0 Å². The monoisotopic (exact) mass is 369 g/mol. The summed E-state index contributed by atoms with van der Waals surface area (Å²) >= 11 is 10.8. The largest absolute Gasteiger partial charge is 0.288 e. The van der Waals surface area contributed by atoms with Crippen molar-refractivity contribution >= 4 is 54.9 Å².